The third-order valence-corrected chi connectivity index (χ3v) is 6.09. The van der Waals surface area contributed by atoms with Crippen molar-refractivity contribution in [3.8, 4) is 0 Å². The van der Waals surface area contributed by atoms with Crippen molar-refractivity contribution in [2.75, 3.05) is 26.7 Å². The van der Waals surface area contributed by atoms with Gasteiger partial charge in [0, 0.05) is 31.2 Å². The Morgan fingerprint density at radius 1 is 1.28 bits per heavy atom. The maximum atomic E-state index is 12.7. The lowest BCUT2D eigenvalue weighted by Gasteiger charge is -2.28. The van der Waals surface area contributed by atoms with Gasteiger partial charge in [-0.3, -0.25) is 14.8 Å². The van der Waals surface area contributed by atoms with Gasteiger partial charge >= 0.3 is 0 Å². The average molecular weight is 348 g/mol. The Morgan fingerprint density at radius 2 is 2.00 bits per heavy atom. The summed E-state index contributed by atoms with van der Waals surface area (Å²) in [6.07, 6.45) is 6.08. The zero-order valence-electron chi connectivity index (χ0n) is 15.8. The van der Waals surface area contributed by atoms with Crippen molar-refractivity contribution in [1.29, 1.82) is 0 Å². The van der Waals surface area contributed by atoms with E-state index in [0.717, 1.165) is 37.2 Å². The molecule has 2 heterocycles. The molecule has 0 bridgehead atoms. The predicted octanol–water partition coefficient (Wildman–Crippen LogP) is 1.65. The number of hydrogen-bond donors (Lipinski definition) is 2. The first-order valence-corrected chi connectivity index (χ1v) is 9.65. The van der Waals surface area contributed by atoms with Crippen LogP contribution in [-0.4, -0.2) is 69.8 Å². The van der Waals surface area contributed by atoms with Crippen molar-refractivity contribution >= 4 is 5.91 Å². The van der Waals surface area contributed by atoms with Crippen molar-refractivity contribution in [1.82, 2.24) is 20.0 Å². The molecule has 6 heteroatoms. The first kappa shape index (κ1) is 18.4. The summed E-state index contributed by atoms with van der Waals surface area (Å²) in [5, 5.41) is 17.8. The number of carbonyl (C=O) groups excluding carboxylic acids is 1. The lowest BCUT2D eigenvalue weighted by molar-refractivity contribution is -0.135. The minimum atomic E-state index is -0.455. The molecule has 6 nitrogen and oxygen atoms in total. The van der Waals surface area contributed by atoms with E-state index in [4.69, 9.17) is 0 Å². The number of aryl methyl sites for hydroxylation is 2. The van der Waals surface area contributed by atoms with E-state index in [1.54, 1.807) is 0 Å². The third-order valence-electron chi connectivity index (χ3n) is 6.09. The third kappa shape index (κ3) is 4.06. The number of aromatic amines is 1. The lowest BCUT2D eigenvalue weighted by atomic mass is 9.88. The van der Waals surface area contributed by atoms with Gasteiger partial charge in [-0.1, -0.05) is 19.3 Å². The molecule has 2 N–H and O–H groups in total. The molecule has 1 aromatic heterocycles. The van der Waals surface area contributed by atoms with Gasteiger partial charge < -0.3 is 10.0 Å². The molecular formula is C19H32N4O2. The molecule has 2 aliphatic rings. The highest BCUT2D eigenvalue weighted by atomic mass is 16.3. The second-order valence-electron chi connectivity index (χ2n) is 7.86. The molecule has 0 spiro atoms. The van der Waals surface area contributed by atoms with Gasteiger partial charge in [0.2, 0.25) is 5.91 Å². The number of β-amino-alcohol motifs (C(OH)–C–C–N with tert-alkyl or cyclic N) is 1. The molecule has 140 valence electrons. The summed E-state index contributed by atoms with van der Waals surface area (Å²) in [6, 6.07) is 0.0278. The summed E-state index contributed by atoms with van der Waals surface area (Å²) in [5.41, 5.74) is 3.42. The number of aromatic nitrogens is 2. The Bertz CT molecular complexity index is 575. The number of rotatable bonds is 5. The van der Waals surface area contributed by atoms with Crippen molar-refractivity contribution in [3.63, 3.8) is 0 Å². The normalized spacial score (nSPS) is 25.1. The topological polar surface area (TPSA) is 72.5 Å². The monoisotopic (exact) mass is 348 g/mol. The fourth-order valence-corrected chi connectivity index (χ4v) is 4.39. The summed E-state index contributed by atoms with van der Waals surface area (Å²) >= 11 is 0. The number of aliphatic hydroxyl groups is 1. The van der Waals surface area contributed by atoms with E-state index in [1.165, 1.54) is 24.8 Å². The number of likely N-dealkylation sites (tertiary alicyclic amines) is 1. The van der Waals surface area contributed by atoms with Crippen LogP contribution >= 0.6 is 0 Å². The van der Waals surface area contributed by atoms with Crippen LogP contribution in [0.4, 0.5) is 0 Å². The molecule has 25 heavy (non-hydrogen) atoms. The van der Waals surface area contributed by atoms with Crippen LogP contribution in [0.25, 0.3) is 0 Å². The van der Waals surface area contributed by atoms with Crippen LogP contribution in [0, 0.1) is 19.8 Å². The first-order chi connectivity index (χ1) is 12.0. The minimum absolute atomic E-state index is 0.0278. The molecule has 2 fully saturated rings. The predicted molar refractivity (Wildman–Crippen MR) is 97.3 cm³/mol. The molecule has 1 saturated carbocycles. The SMILES string of the molecule is Cc1n[nH]c(C)c1CCN(C)[C@H]1CN(C(=O)C2CCCCC2)C[C@@H]1O. The van der Waals surface area contributed by atoms with Gasteiger partial charge in [-0.05, 0) is 45.7 Å². The highest BCUT2D eigenvalue weighted by molar-refractivity contribution is 5.79. The molecule has 1 aliphatic heterocycles. The highest BCUT2D eigenvalue weighted by Crippen LogP contribution is 2.27. The maximum absolute atomic E-state index is 12.7. The van der Waals surface area contributed by atoms with Crippen molar-refractivity contribution in [3.05, 3.63) is 17.0 Å². The minimum Gasteiger partial charge on any atom is -0.390 e. The number of nitrogens with zero attached hydrogens (tertiary/aromatic N) is 3. The number of H-pyrrole nitrogens is 1. The zero-order chi connectivity index (χ0) is 18.0. The summed E-state index contributed by atoms with van der Waals surface area (Å²) in [5.74, 6) is 0.442. The Balaban J connectivity index is 1.54. The lowest BCUT2D eigenvalue weighted by Crippen LogP contribution is -2.42. The standard InChI is InChI=1S/C19H32N4O2/c1-13-16(14(2)21-20-13)9-10-22(3)17-11-23(12-18(17)24)19(25)15-7-5-4-6-8-15/h15,17-18,24H,4-12H2,1-3H3,(H,20,21)/t17-,18-/m0/s1. The quantitative estimate of drug-likeness (QED) is 0.849. The van der Waals surface area contributed by atoms with Gasteiger partial charge in [0.25, 0.3) is 0 Å². The van der Waals surface area contributed by atoms with Gasteiger partial charge in [0.1, 0.15) is 0 Å². The molecule has 3 rings (SSSR count). The van der Waals surface area contributed by atoms with Crippen molar-refractivity contribution in [2.45, 2.75) is 64.5 Å². The Kier molecular flexibility index (Phi) is 5.79. The van der Waals surface area contributed by atoms with Crippen LogP contribution in [0.5, 0.6) is 0 Å². The second kappa shape index (κ2) is 7.87. The van der Waals surface area contributed by atoms with Crippen molar-refractivity contribution in [2.24, 2.45) is 5.92 Å². The van der Waals surface area contributed by atoms with Gasteiger partial charge in [0.15, 0.2) is 0 Å². The van der Waals surface area contributed by atoms with Crippen LogP contribution in [0.1, 0.15) is 49.1 Å². The smallest absolute Gasteiger partial charge is 0.225 e. The molecule has 0 aromatic carbocycles. The summed E-state index contributed by atoms with van der Waals surface area (Å²) in [6.45, 7) is 6.05. The number of hydrogen-bond acceptors (Lipinski definition) is 4. The van der Waals surface area contributed by atoms with Gasteiger partial charge in [-0.2, -0.15) is 5.10 Å². The van der Waals surface area contributed by atoms with Gasteiger partial charge in [0.05, 0.1) is 17.8 Å². The molecule has 1 saturated heterocycles. The molecular weight excluding hydrogens is 316 g/mol. The summed E-state index contributed by atoms with van der Waals surface area (Å²) < 4.78 is 0. The summed E-state index contributed by atoms with van der Waals surface area (Å²) in [7, 11) is 2.05. The fourth-order valence-electron chi connectivity index (χ4n) is 4.39. The van der Waals surface area contributed by atoms with Crippen LogP contribution < -0.4 is 0 Å². The van der Waals surface area contributed by atoms with E-state index in [2.05, 4.69) is 15.1 Å². The Labute approximate surface area is 150 Å². The van der Waals surface area contributed by atoms with E-state index in [1.807, 2.05) is 25.8 Å². The van der Waals surface area contributed by atoms with Crippen LogP contribution in [0.2, 0.25) is 0 Å². The zero-order valence-corrected chi connectivity index (χ0v) is 15.8. The number of aliphatic hydroxyl groups excluding tert-OH is 1. The van der Waals surface area contributed by atoms with Gasteiger partial charge in [-0.15, -0.1) is 0 Å². The number of amides is 1. The molecule has 0 unspecified atom stereocenters. The highest BCUT2D eigenvalue weighted by Gasteiger charge is 2.38. The Morgan fingerprint density at radius 3 is 2.64 bits per heavy atom. The summed E-state index contributed by atoms with van der Waals surface area (Å²) in [4.78, 5) is 16.8. The van der Waals surface area contributed by atoms with E-state index in [9.17, 15) is 9.90 Å². The number of nitrogens with one attached hydrogen (secondary N) is 1. The molecule has 1 aromatic rings. The molecule has 2 atom stereocenters. The second-order valence-corrected chi connectivity index (χ2v) is 7.86. The number of carbonyl (C=O) groups is 1. The van der Waals surface area contributed by atoms with Crippen molar-refractivity contribution < 1.29 is 9.90 Å². The fraction of sp³-hybridized carbons (Fsp3) is 0.789. The van der Waals surface area contributed by atoms with E-state index < -0.39 is 6.10 Å². The first-order valence-electron chi connectivity index (χ1n) is 9.65. The molecule has 0 radical (unpaired) electrons. The van der Waals surface area contributed by atoms with Crippen LogP contribution in [0.15, 0.2) is 0 Å². The van der Waals surface area contributed by atoms with E-state index in [-0.39, 0.29) is 17.9 Å². The van der Waals surface area contributed by atoms with E-state index in [0.29, 0.717) is 13.1 Å². The van der Waals surface area contributed by atoms with Crippen LogP contribution in [0.3, 0.4) is 0 Å². The average Bonchev–Trinajstić information content (AvgIpc) is 3.16. The molecule has 1 amide bonds. The largest absolute Gasteiger partial charge is 0.390 e. The number of likely N-dealkylation sites (N-methyl/N-ethyl adjacent to an activating group) is 1. The maximum Gasteiger partial charge on any atom is 0.225 e. The van der Waals surface area contributed by atoms with Crippen LogP contribution in [-0.2, 0) is 11.2 Å². The Hall–Kier alpha value is -1.40. The van der Waals surface area contributed by atoms with Gasteiger partial charge in [-0.25, -0.2) is 0 Å². The van der Waals surface area contributed by atoms with E-state index >= 15 is 0 Å². The molecule has 1 aliphatic carbocycles.